The van der Waals surface area contributed by atoms with E-state index < -0.39 is 10.0 Å². The average molecular weight is 432 g/mol. The van der Waals surface area contributed by atoms with Crippen molar-refractivity contribution in [2.45, 2.75) is 13.8 Å². The van der Waals surface area contributed by atoms with Gasteiger partial charge in [0.1, 0.15) is 5.75 Å². The molecule has 1 amide bonds. The molecule has 1 heterocycles. The molecule has 0 aliphatic rings. The van der Waals surface area contributed by atoms with E-state index in [1.807, 2.05) is 32.0 Å². The van der Waals surface area contributed by atoms with Crippen molar-refractivity contribution in [3.05, 3.63) is 58.5 Å². The SMILES string of the molecule is COc1ccc(-c2nc(NC(=O)c3ccc(NS(C)(=O)=O)cc3)sc2C)cc1C. The van der Waals surface area contributed by atoms with Crippen LogP contribution in [0.4, 0.5) is 10.8 Å². The van der Waals surface area contributed by atoms with Gasteiger partial charge in [-0.2, -0.15) is 0 Å². The van der Waals surface area contributed by atoms with Gasteiger partial charge >= 0.3 is 0 Å². The van der Waals surface area contributed by atoms with Gasteiger partial charge in [0, 0.05) is 21.7 Å². The molecule has 0 aliphatic heterocycles. The van der Waals surface area contributed by atoms with Crippen molar-refractivity contribution in [1.29, 1.82) is 0 Å². The third-order valence-corrected chi connectivity index (χ3v) is 5.63. The summed E-state index contributed by atoms with van der Waals surface area (Å²) in [6, 6.07) is 12.0. The number of sulfonamides is 1. The van der Waals surface area contributed by atoms with Crippen LogP contribution >= 0.6 is 11.3 Å². The molecule has 0 fully saturated rings. The van der Waals surface area contributed by atoms with Crippen molar-refractivity contribution in [1.82, 2.24) is 4.98 Å². The van der Waals surface area contributed by atoms with Crippen LogP contribution in [0.5, 0.6) is 5.75 Å². The lowest BCUT2D eigenvalue weighted by Gasteiger charge is -2.06. The lowest BCUT2D eigenvalue weighted by atomic mass is 10.1. The Morgan fingerprint density at radius 3 is 2.38 bits per heavy atom. The molecule has 2 aromatic carbocycles. The lowest BCUT2D eigenvalue weighted by Crippen LogP contribution is -2.12. The van der Waals surface area contributed by atoms with E-state index in [0.717, 1.165) is 33.7 Å². The van der Waals surface area contributed by atoms with E-state index in [1.165, 1.54) is 23.5 Å². The monoisotopic (exact) mass is 431 g/mol. The molecule has 0 unspecified atom stereocenters. The number of ether oxygens (including phenoxy) is 1. The van der Waals surface area contributed by atoms with Crippen LogP contribution in [0.15, 0.2) is 42.5 Å². The summed E-state index contributed by atoms with van der Waals surface area (Å²) in [5, 5.41) is 3.29. The van der Waals surface area contributed by atoms with Crippen molar-refractivity contribution >= 4 is 38.1 Å². The number of methoxy groups -OCH3 is 1. The van der Waals surface area contributed by atoms with E-state index >= 15 is 0 Å². The highest BCUT2D eigenvalue weighted by atomic mass is 32.2. The Labute approximate surface area is 173 Å². The van der Waals surface area contributed by atoms with Gasteiger partial charge in [-0.15, -0.1) is 11.3 Å². The van der Waals surface area contributed by atoms with Gasteiger partial charge < -0.3 is 4.74 Å². The molecule has 0 radical (unpaired) electrons. The number of carbonyl (C=O) groups excluding carboxylic acids is 1. The van der Waals surface area contributed by atoms with Gasteiger partial charge in [-0.05, 0) is 61.9 Å². The van der Waals surface area contributed by atoms with Crippen LogP contribution in [-0.2, 0) is 10.0 Å². The molecule has 29 heavy (non-hydrogen) atoms. The quantitative estimate of drug-likeness (QED) is 0.613. The van der Waals surface area contributed by atoms with Crippen molar-refractivity contribution in [2.75, 3.05) is 23.4 Å². The normalized spacial score (nSPS) is 11.2. The van der Waals surface area contributed by atoms with Gasteiger partial charge in [0.05, 0.1) is 19.1 Å². The third-order valence-electron chi connectivity index (χ3n) is 4.14. The molecule has 2 N–H and O–H groups in total. The van der Waals surface area contributed by atoms with Crippen LogP contribution in [0.2, 0.25) is 0 Å². The van der Waals surface area contributed by atoms with E-state index in [2.05, 4.69) is 15.0 Å². The molecule has 0 spiro atoms. The van der Waals surface area contributed by atoms with E-state index in [9.17, 15) is 13.2 Å². The molecular weight excluding hydrogens is 410 g/mol. The number of nitrogens with zero attached hydrogens (tertiary/aromatic N) is 1. The molecule has 0 saturated carbocycles. The fourth-order valence-electron chi connectivity index (χ4n) is 2.82. The maximum Gasteiger partial charge on any atom is 0.257 e. The zero-order valence-electron chi connectivity index (χ0n) is 16.4. The van der Waals surface area contributed by atoms with Crippen LogP contribution in [0.1, 0.15) is 20.8 Å². The minimum Gasteiger partial charge on any atom is -0.496 e. The number of carbonyl (C=O) groups is 1. The average Bonchev–Trinajstić information content (AvgIpc) is 3.01. The van der Waals surface area contributed by atoms with Gasteiger partial charge in [0.2, 0.25) is 10.0 Å². The maximum atomic E-state index is 12.5. The van der Waals surface area contributed by atoms with Gasteiger partial charge in [-0.1, -0.05) is 0 Å². The summed E-state index contributed by atoms with van der Waals surface area (Å²) in [7, 11) is -1.73. The smallest absolute Gasteiger partial charge is 0.257 e. The largest absolute Gasteiger partial charge is 0.496 e. The van der Waals surface area contributed by atoms with Crippen LogP contribution in [-0.4, -0.2) is 32.7 Å². The molecule has 1 aromatic heterocycles. The Balaban J connectivity index is 1.76. The molecule has 0 atom stereocenters. The zero-order valence-corrected chi connectivity index (χ0v) is 18.1. The molecule has 7 nitrogen and oxygen atoms in total. The standard InChI is InChI=1S/C20H21N3O4S2/c1-12-11-15(7-10-17(12)27-3)18-13(2)28-20(21-18)22-19(24)14-5-8-16(9-6-14)23-29(4,25)26/h5-11,23H,1-4H3,(H,21,22,24). The second kappa shape index (κ2) is 8.22. The molecule has 9 heteroatoms. The Kier molecular flexibility index (Phi) is 5.90. The number of hydrogen-bond acceptors (Lipinski definition) is 6. The van der Waals surface area contributed by atoms with Crippen LogP contribution in [0.25, 0.3) is 11.3 Å². The predicted molar refractivity (Wildman–Crippen MR) is 116 cm³/mol. The Bertz CT molecular complexity index is 1150. The van der Waals surface area contributed by atoms with E-state index in [1.54, 1.807) is 19.2 Å². The fourth-order valence-corrected chi connectivity index (χ4v) is 4.21. The number of amides is 1. The summed E-state index contributed by atoms with van der Waals surface area (Å²) in [5.41, 5.74) is 3.56. The summed E-state index contributed by atoms with van der Waals surface area (Å²) in [5.74, 6) is 0.492. The lowest BCUT2D eigenvalue weighted by molar-refractivity contribution is 0.102. The number of thiazole rings is 1. The maximum absolute atomic E-state index is 12.5. The molecular formula is C20H21N3O4S2. The van der Waals surface area contributed by atoms with Gasteiger partial charge in [-0.25, -0.2) is 13.4 Å². The third kappa shape index (κ3) is 5.12. The van der Waals surface area contributed by atoms with Crippen molar-refractivity contribution in [3.63, 3.8) is 0 Å². The Hall–Kier alpha value is -2.91. The molecule has 0 saturated heterocycles. The van der Waals surface area contributed by atoms with E-state index in [-0.39, 0.29) is 5.91 Å². The van der Waals surface area contributed by atoms with Crippen molar-refractivity contribution in [3.8, 4) is 17.0 Å². The predicted octanol–water partition coefficient (Wildman–Crippen LogP) is 4.06. The molecule has 152 valence electrons. The second-order valence-electron chi connectivity index (χ2n) is 6.51. The number of rotatable bonds is 6. The highest BCUT2D eigenvalue weighted by Gasteiger charge is 2.14. The number of nitrogens with one attached hydrogen (secondary N) is 2. The number of hydrogen-bond donors (Lipinski definition) is 2. The van der Waals surface area contributed by atoms with Crippen molar-refractivity contribution in [2.24, 2.45) is 0 Å². The number of benzene rings is 2. The summed E-state index contributed by atoms with van der Waals surface area (Å²) >= 11 is 1.39. The number of aromatic nitrogens is 1. The summed E-state index contributed by atoms with van der Waals surface area (Å²) in [6.45, 7) is 3.92. The first-order valence-electron chi connectivity index (χ1n) is 8.68. The van der Waals surface area contributed by atoms with Gasteiger partial charge in [0.25, 0.3) is 5.91 Å². The molecule has 0 bridgehead atoms. The topological polar surface area (TPSA) is 97.4 Å². The second-order valence-corrected chi connectivity index (χ2v) is 9.47. The minimum absolute atomic E-state index is 0.317. The number of aryl methyl sites for hydroxylation is 2. The first kappa shape index (κ1) is 20.8. The first-order chi connectivity index (χ1) is 13.7. The van der Waals surface area contributed by atoms with Gasteiger partial charge in [-0.3, -0.25) is 14.8 Å². The fraction of sp³-hybridized carbons (Fsp3) is 0.200. The highest BCUT2D eigenvalue weighted by molar-refractivity contribution is 7.92. The zero-order chi connectivity index (χ0) is 21.2. The van der Waals surface area contributed by atoms with Crippen molar-refractivity contribution < 1.29 is 17.9 Å². The summed E-state index contributed by atoms with van der Waals surface area (Å²) in [6.07, 6.45) is 1.07. The minimum atomic E-state index is -3.36. The first-order valence-corrected chi connectivity index (χ1v) is 11.4. The number of anilines is 2. The van der Waals surface area contributed by atoms with Crippen LogP contribution in [0, 0.1) is 13.8 Å². The molecule has 3 aromatic rings. The summed E-state index contributed by atoms with van der Waals surface area (Å²) < 4.78 is 30.2. The van der Waals surface area contributed by atoms with Crippen LogP contribution in [0.3, 0.4) is 0 Å². The van der Waals surface area contributed by atoms with E-state index in [0.29, 0.717) is 16.4 Å². The van der Waals surface area contributed by atoms with Crippen LogP contribution < -0.4 is 14.8 Å². The Morgan fingerprint density at radius 2 is 1.79 bits per heavy atom. The van der Waals surface area contributed by atoms with E-state index in [4.69, 9.17) is 4.74 Å². The molecule has 0 aliphatic carbocycles. The molecule has 3 rings (SSSR count). The summed E-state index contributed by atoms with van der Waals surface area (Å²) in [4.78, 5) is 18.1. The highest BCUT2D eigenvalue weighted by Crippen LogP contribution is 2.33. The Morgan fingerprint density at radius 1 is 1.10 bits per heavy atom. The van der Waals surface area contributed by atoms with Gasteiger partial charge in [0.15, 0.2) is 5.13 Å².